The molecule has 164 valence electrons. The first-order valence-electron chi connectivity index (χ1n) is 9.67. The van der Waals surface area contributed by atoms with E-state index in [0.29, 0.717) is 48.1 Å². The Balaban J connectivity index is 1.50. The molecule has 0 aromatic heterocycles. The maximum absolute atomic E-state index is 12.4. The Morgan fingerprint density at radius 2 is 1.94 bits per heavy atom. The fourth-order valence-corrected chi connectivity index (χ4v) is 3.63. The highest BCUT2D eigenvalue weighted by molar-refractivity contribution is 6.31. The number of amides is 1. The van der Waals surface area contributed by atoms with E-state index in [-0.39, 0.29) is 11.6 Å². The second kappa shape index (κ2) is 10.1. The van der Waals surface area contributed by atoms with Gasteiger partial charge in [-0.1, -0.05) is 23.7 Å². The van der Waals surface area contributed by atoms with E-state index in [4.69, 9.17) is 21.1 Å². The third-order valence-electron chi connectivity index (χ3n) is 5.03. The van der Waals surface area contributed by atoms with Crippen molar-refractivity contribution in [1.82, 2.24) is 0 Å². The van der Waals surface area contributed by atoms with Crippen LogP contribution in [0.4, 0.5) is 17.1 Å². The number of anilines is 2. The highest BCUT2D eigenvalue weighted by Crippen LogP contribution is 2.31. The summed E-state index contributed by atoms with van der Waals surface area (Å²) in [5.41, 5.74) is 0.958. The third kappa shape index (κ3) is 5.64. The van der Waals surface area contributed by atoms with Crippen LogP contribution in [-0.2, 0) is 14.3 Å². The van der Waals surface area contributed by atoms with Crippen molar-refractivity contribution in [2.24, 2.45) is 5.92 Å². The molecular formula is C21H22ClN3O6. The summed E-state index contributed by atoms with van der Waals surface area (Å²) in [6.07, 6.45) is 0.962. The smallest absolute Gasteiger partial charge is 0.309 e. The molecule has 2 aromatic rings. The molecule has 3 rings (SSSR count). The largest absolute Gasteiger partial charge is 0.495 e. The van der Waals surface area contributed by atoms with Gasteiger partial charge in [0.05, 0.1) is 23.6 Å². The van der Waals surface area contributed by atoms with Crippen LogP contribution in [0, 0.1) is 16.0 Å². The van der Waals surface area contributed by atoms with Crippen molar-refractivity contribution in [2.75, 3.05) is 37.0 Å². The molecule has 1 aliphatic rings. The van der Waals surface area contributed by atoms with E-state index in [2.05, 4.69) is 5.32 Å². The van der Waals surface area contributed by atoms with Gasteiger partial charge < -0.3 is 19.7 Å². The zero-order valence-electron chi connectivity index (χ0n) is 16.9. The fraction of sp³-hybridized carbons (Fsp3) is 0.333. The molecule has 0 radical (unpaired) electrons. The lowest BCUT2D eigenvalue weighted by Crippen LogP contribution is -2.37. The minimum atomic E-state index is -0.508. The van der Waals surface area contributed by atoms with E-state index in [9.17, 15) is 19.7 Å². The first kappa shape index (κ1) is 22.4. The van der Waals surface area contributed by atoms with Crippen LogP contribution in [0.3, 0.4) is 0 Å². The first-order valence-corrected chi connectivity index (χ1v) is 10.0. The number of halogens is 1. The minimum absolute atomic E-state index is 0.0386. The van der Waals surface area contributed by atoms with Gasteiger partial charge in [0.25, 0.3) is 11.6 Å². The predicted octanol–water partition coefficient (Wildman–Crippen LogP) is 3.66. The fourth-order valence-electron chi connectivity index (χ4n) is 3.46. The number of piperidine rings is 1. The van der Waals surface area contributed by atoms with Crippen LogP contribution in [0.2, 0.25) is 5.02 Å². The van der Waals surface area contributed by atoms with Gasteiger partial charge in [-0.2, -0.15) is 0 Å². The predicted molar refractivity (Wildman–Crippen MR) is 116 cm³/mol. The number of para-hydroxylation sites is 2. The molecule has 0 aliphatic carbocycles. The SMILES string of the molecule is COc1ccc(Cl)cc1NC(=O)COC(=O)C1CCN(c2ccccc2[N+](=O)[O-])CC1. The van der Waals surface area contributed by atoms with Crippen molar-refractivity contribution in [3.8, 4) is 5.75 Å². The highest BCUT2D eigenvalue weighted by Gasteiger charge is 2.29. The number of ether oxygens (including phenoxy) is 2. The van der Waals surface area contributed by atoms with Gasteiger partial charge in [-0.3, -0.25) is 19.7 Å². The third-order valence-corrected chi connectivity index (χ3v) is 5.26. The van der Waals surface area contributed by atoms with Gasteiger partial charge in [-0.25, -0.2) is 0 Å². The lowest BCUT2D eigenvalue weighted by Gasteiger charge is -2.32. The number of nitrogens with zero attached hydrogens (tertiary/aromatic N) is 2. The number of nitrogens with one attached hydrogen (secondary N) is 1. The van der Waals surface area contributed by atoms with E-state index in [1.807, 2.05) is 4.90 Å². The van der Waals surface area contributed by atoms with Gasteiger partial charge in [0.1, 0.15) is 11.4 Å². The Hall–Kier alpha value is -3.33. The summed E-state index contributed by atoms with van der Waals surface area (Å²) in [7, 11) is 1.47. The van der Waals surface area contributed by atoms with E-state index in [1.165, 1.54) is 13.2 Å². The number of benzene rings is 2. The molecule has 0 saturated carbocycles. The van der Waals surface area contributed by atoms with Crippen molar-refractivity contribution < 1.29 is 24.0 Å². The van der Waals surface area contributed by atoms with E-state index < -0.39 is 23.4 Å². The molecule has 0 atom stereocenters. The Labute approximate surface area is 184 Å². The maximum Gasteiger partial charge on any atom is 0.309 e. The average Bonchev–Trinajstić information content (AvgIpc) is 2.77. The Morgan fingerprint density at radius 3 is 2.61 bits per heavy atom. The average molecular weight is 448 g/mol. The zero-order chi connectivity index (χ0) is 22.4. The van der Waals surface area contributed by atoms with Crippen LogP contribution in [0.15, 0.2) is 42.5 Å². The molecule has 0 spiro atoms. The Kier molecular flexibility index (Phi) is 7.30. The van der Waals surface area contributed by atoms with Crippen molar-refractivity contribution in [3.05, 3.63) is 57.6 Å². The van der Waals surface area contributed by atoms with Crippen LogP contribution >= 0.6 is 11.6 Å². The molecule has 0 bridgehead atoms. The van der Waals surface area contributed by atoms with Crippen LogP contribution in [0.5, 0.6) is 5.75 Å². The monoisotopic (exact) mass is 447 g/mol. The number of carbonyl (C=O) groups is 2. The zero-order valence-corrected chi connectivity index (χ0v) is 17.6. The normalized spacial score (nSPS) is 14.1. The maximum atomic E-state index is 12.4. The number of rotatable bonds is 7. The number of nitro groups is 1. The number of carbonyl (C=O) groups excluding carboxylic acids is 2. The Morgan fingerprint density at radius 1 is 1.23 bits per heavy atom. The summed E-state index contributed by atoms with van der Waals surface area (Å²) in [5.74, 6) is -0.902. The summed E-state index contributed by atoms with van der Waals surface area (Å²) in [6, 6.07) is 11.3. The number of hydrogen-bond donors (Lipinski definition) is 1. The standard InChI is InChI=1S/C21H22ClN3O6/c1-30-19-7-6-15(22)12-16(19)23-20(26)13-31-21(27)14-8-10-24(11-9-14)17-4-2-3-5-18(17)25(28)29/h2-7,12,14H,8-11,13H2,1H3,(H,23,26). The summed E-state index contributed by atoms with van der Waals surface area (Å²) in [4.78, 5) is 37.2. The van der Waals surface area contributed by atoms with Gasteiger partial charge in [0.15, 0.2) is 6.61 Å². The van der Waals surface area contributed by atoms with E-state index in [1.54, 1.807) is 36.4 Å². The summed E-state index contributed by atoms with van der Waals surface area (Å²) in [5, 5.41) is 14.3. The quantitative estimate of drug-likeness (QED) is 0.391. The van der Waals surface area contributed by atoms with Crippen molar-refractivity contribution >= 4 is 40.5 Å². The second-order valence-electron chi connectivity index (χ2n) is 7.01. The molecule has 0 unspecified atom stereocenters. The molecule has 31 heavy (non-hydrogen) atoms. The van der Waals surface area contributed by atoms with E-state index in [0.717, 1.165) is 0 Å². The van der Waals surface area contributed by atoms with Crippen LogP contribution in [0.25, 0.3) is 0 Å². The van der Waals surface area contributed by atoms with Crippen molar-refractivity contribution in [2.45, 2.75) is 12.8 Å². The molecule has 1 aliphatic heterocycles. The molecule has 2 aromatic carbocycles. The van der Waals surface area contributed by atoms with Gasteiger partial charge in [-0.15, -0.1) is 0 Å². The molecule has 9 nitrogen and oxygen atoms in total. The van der Waals surface area contributed by atoms with Gasteiger partial charge in [-0.05, 0) is 37.1 Å². The van der Waals surface area contributed by atoms with Crippen molar-refractivity contribution in [1.29, 1.82) is 0 Å². The van der Waals surface area contributed by atoms with Gasteiger partial charge >= 0.3 is 5.97 Å². The number of nitro benzene ring substituents is 1. The topological polar surface area (TPSA) is 111 Å². The molecule has 10 heteroatoms. The molecule has 1 saturated heterocycles. The minimum Gasteiger partial charge on any atom is -0.495 e. The Bertz CT molecular complexity index is 975. The van der Waals surface area contributed by atoms with E-state index >= 15 is 0 Å². The first-order chi connectivity index (χ1) is 14.9. The highest BCUT2D eigenvalue weighted by atomic mass is 35.5. The van der Waals surface area contributed by atoms with Crippen molar-refractivity contribution in [3.63, 3.8) is 0 Å². The van der Waals surface area contributed by atoms with Crippen LogP contribution < -0.4 is 15.0 Å². The lowest BCUT2D eigenvalue weighted by molar-refractivity contribution is -0.384. The second-order valence-corrected chi connectivity index (χ2v) is 7.44. The van der Waals surface area contributed by atoms with Gasteiger partial charge in [0.2, 0.25) is 0 Å². The molecule has 1 N–H and O–H groups in total. The molecule has 1 amide bonds. The van der Waals surface area contributed by atoms with Crippen LogP contribution in [-0.4, -0.2) is 43.6 Å². The summed E-state index contributed by atoms with van der Waals surface area (Å²) < 4.78 is 10.3. The summed E-state index contributed by atoms with van der Waals surface area (Å²) in [6.45, 7) is 0.534. The number of methoxy groups -OCH3 is 1. The lowest BCUT2D eigenvalue weighted by atomic mass is 9.96. The number of hydrogen-bond acceptors (Lipinski definition) is 7. The van der Waals surface area contributed by atoms with Gasteiger partial charge in [0, 0.05) is 24.2 Å². The number of esters is 1. The summed E-state index contributed by atoms with van der Waals surface area (Å²) >= 11 is 5.94. The van der Waals surface area contributed by atoms with Crippen LogP contribution in [0.1, 0.15) is 12.8 Å². The molecular weight excluding hydrogens is 426 g/mol. The molecule has 1 heterocycles. The molecule has 1 fully saturated rings.